The lowest BCUT2D eigenvalue weighted by Crippen LogP contribution is -2.27. The Balaban J connectivity index is 0.000000219. The molecule has 24 heavy (non-hydrogen) atoms. The van der Waals surface area contributed by atoms with Crippen molar-refractivity contribution in [3.8, 4) is 0 Å². The summed E-state index contributed by atoms with van der Waals surface area (Å²) < 4.78 is 6.56. The summed E-state index contributed by atoms with van der Waals surface area (Å²) in [6, 6.07) is 1.48. The summed E-state index contributed by atoms with van der Waals surface area (Å²) in [5.41, 5.74) is 4.82. The minimum atomic E-state index is -0.778. The first kappa shape index (κ1) is 17.7. The lowest BCUT2D eigenvalue weighted by Gasteiger charge is -2.13. The number of allylic oxidation sites excluding steroid dienone is 4. The van der Waals surface area contributed by atoms with Gasteiger partial charge >= 0.3 is 5.69 Å². The summed E-state index contributed by atoms with van der Waals surface area (Å²) in [6.45, 7) is -0.283. The lowest BCUT2D eigenvalue weighted by atomic mass is 10.2. The van der Waals surface area contributed by atoms with Crippen LogP contribution in [-0.2, 0) is 14.3 Å². The summed E-state index contributed by atoms with van der Waals surface area (Å²) in [6.07, 6.45) is 4.68. The van der Waals surface area contributed by atoms with Crippen molar-refractivity contribution in [2.24, 2.45) is 0 Å². The van der Waals surface area contributed by atoms with Gasteiger partial charge < -0.3 is 20.7 Å². The Kier molecular flexibility index (Phi) is 5.74. The second-order valence-corrected chi connectivity index (χ2v) is 5.13. The molecule has 0 aromatic carbocycles. The zero-order chi connectivity index (χ0) is 17.7. The zero-order valence-corrected chi connectivity index (χ0v) is 12.6. The quantitative estimate of drug-likeness (QED) is 0.567. The third-order valence-electron chi connectivity index (χ3n) is 3.37. The Morgan fingerprint density at radius 1 is 1.21 bits per heavy atom. The van der Waals surface area contributed by atoms with Crippen LogP contribution in [0.25, 0.3) is 0 Å². The van der Waals surface area contributed by atoms with E-state index in [-0.39, 0.29) is 30.4 Å². The maximum atomic E-state index is 11.5. The van der Waals surface area contributed by atoms with Crippen molar-refractivity contribution in [1.82, 2.24) is 9.55 Å². The molecule has 1 aliphatic carbocycles. The van der Waals surface area contributed by atoms with Gasteiger partial charge in [-0.3, -0.25) is 14.2 Å². The smallest absolute Gasteiger partial charge is 0.351 e. The molecule has 9 nitrogen and oxygen atoms in total. The molecule has 2 aliphatic rings. The van der Waals surface area contributed by atoms with Crippen LogP contribution in [0.3, 0.4) is 0 Å². The summed E-state index contributed by atoms with van der Waals surface area (Å²) in [5.74, 6) is -0.104. The number of hydrogen-bond acceptors (Lipinski definition) is 8. The normalized spacial score (nSPS) is 25.5. The van der Waals surface area contributed by atoms with Crippen LogP contribution in [0.4, 0.5) is 5.82 Å². The van der Waals surface area contributed by atoms with Crippen LogP contribution >= 0.6 is 0 Å². The molecule has 128 valence electrons. The van der Waals surface area contributed by atoms with Gasteiger partial charge in [0.25, 0.3) is 0 Å². The maximum absolute atomic E-state index is 11.5. The largest absolute Gasteiger partial charge is 0.394 e. The van der Waals surface area contributed by atoms with E-state index in [0.29, 0.717) is 0 Å². The number of hydrogen-bond donors (Lipinski definition) is 3. The van der Waals surface area contributed by atoms with Crippen LogP contribution in [0.5, 0.6) is 0 Å². The van der Waals surface area contributed by atoms with E-state index in [9.17, 15) is 19.5 Å². The third kappa shape index (κ3) is 4.44. The predicted molar refractivity (Wildman–Crippen MR) is 82.8 cm³/mol. The van der Waals surface area contributed by atoms with Gasteiger partial charge in [-0.15, -0.1) is 0 Å². The van der Waals surface area contributed by atoms with Crippen LogP contribution in [0.15, 0.2) is 41.4 Å². The van der Waals surface area contributed by atoms with Crippen molar-refractivity contribution in [1.29, 1.82) is 0 Å². The molecule has 3 rings (SSSR count). The van der Waals surface area contributed by atoms with Crippen LogP contribution in [0.2, 0.25) is 0 Å². The van der Waals surface area contributed by atoms with E-state index in [1.165, 1.54) is 41.1 Å². The molecular weight excluding hydrogens is 318 g/mol. The average molecular weight is 335 g/mol. The molecule has 3 atom stereocenters. The number of carbonyl (C=O) groups excluding carboxylic acids is 2. The number of rotatable bonds is 2. The highest BCUT2D eigenvalue weighted by Gasteiger charge is 2.34. The molecule has 2 heterocycles. The highest BCUT2D eigenvalue weighted by molar-refractivity contribution is 6.14. The fourth-order valence-electron chi connectivity index (χ4n) is 2.13. The van der Waals surface area contributed by atoms with Gasteiger partial charge in [0.1, 0.15) is 18.1 Å². The van der Waals surface area contributed by atoms with Crippen LogP contribution in [0, 0.1) is 0 Å². The Morgan fingerprint density at radius 2 is 1.79 bits per heavy atom. The minimum Gasteiger partial charge on any atom is -0.394 e. The van der Waals surface area contributed by atoms with Crippen molar-refractivity contribution < 1.29 is 24.5 Å². The molecule has 0 amide bonds. The molecule has 0 unspecified atom stereocenters. The van der Waals surface area contributed by atoms with Crippen LogP contribution in [0.1, 0.15) is 12.6 Å². The van der Waals surface area contributed by atoms with Gasteiger partial charge in [0.2, 0.25) is 0 Å². The number of carbonyl (C=O) groups is 2. The van der Waals surface area contributed by atoms with Gasteiger partial charge in [-0.25, -0.2) is 4.79 Å². The molecule has 0 radical (unpaired) electrons. The number of nitrogen functional groups attached to an aromatic ring is 1. The first-order valence-corrected chi connectivity index (χ1v) is 7.14. The average Bonchev–Trinajstić information content (AvgIpc) is 2.91. The molecular formula is C15H17N3O6. The Labute approximate surface area is 136 Å². The number of aromatic nitrogens is 2. The van der Waals surface area contributed by atoms with Gasteiger partial charge in [0.05, 0.1) is 12.7 Å². The van der Waals surface area contributed by atoms with E-state index in [2.05, 4.69) is 4.98 Å². The predicted octanol–water partition coefficient (Wildman–Crippen LogP) is -1.28. The van der Waals surface area contributed by atoms with E-state index in [0.717, 1.165) is 0 Å². The van der Waals surface area contributed by atoms with Gasteiger partial charge in [0, 0.05) is 12.6 Å². The maximum Gasteiger partial charge on any atom is 0.351 e. The minimum absolute atomic E-state index is 0.121. The number of anilines is 1. The van der Waals surface area contributed by atoms with E-state index in [1.54, 1.807) is 0 Å². The van der Waals surface area contributed by atoms with E-state index < -0.39 is 24.1 Å². The molecule has 0 spiro atoms. The van der Waals surface area contributed by atoms with Crippen molar-refractivity contribution in [3.05, 3.63) is 47.1 Å². The summed E-state index contributed by atoms with van der Waals surface area (Å²) >= 11 is 0. The molecule has 1 fully saturated rings. The van der Waals surface area contributed by atoms with E-state index >= 15 is 0 Å². The molecule has 0 bridgehead atoms. The van der Waals surface area contributed by atoms with Crippen molar-refractivity contribution in [2.45, 2.75) is 24.9 Å². The highest BCUT2D eigenvalue weighted by Crippen LogP contribution is 2.27. The number of aliphatic hydroxyl groups is 2. The Bertz CT molecular complexity index is 701. The fourth-order valence-corrected chi connectivity index (χ4v) is 2.13. The van der Waals surface area contributed by atoms with Crippen molar-refractivity contribution in [2.75, 3.05) is 12.3 Å². The standard InChI is InChI=1S/C9H13N3O4.C6H4O2/c10-7-1-2-12(9(15)11-7)8-3-5(14)6(4-13)16-8;7-5-1-2-6(8)4-3-5/h1-2,5-6,8,13-14H,3-4H2,(H2,10,11,15);1-4H/t5-,6+,8+;/m0./s1. The second kappa shape index (κ2) is 7.77. The number of aliphatic hydroxyl groups excluding tert-OH is 2. The second-order valence-electron chi connectivity index (χ2n) is 5.13. The lowest BCUT2D eigenvalue weighted by molar-refractivity contribution is -0.113. The van der Waals surface area contributed by atoms with Gasteiger partial charge in [-0.05, 0) is 30.4 Å². The first-order valence-electron chi connectivity index (χ1n) is 7.14. The summed E-state index contributed by atoms with van der Waals surface area (Å²) in [5, 5.41) is 18.4. The Morgan fingerprint density at radius 3 is 2.25 bits per heavy atom. The summed E-state index contributed by atoms with van der Waals surface area (Å²) in [7, 11) is 0. The first-order chi connectivity index (χ1) is 11.4. The van der Waals surface area contributed by atoms with Crippen LogP contribution in [-0.4, -0.2) is 50.1 Å². The molecule has 1 aromatic rings. The molecule has 1 aromatic heterocycles. The molecule has 0 saturated carbocycles. The molecule has 1 saturated heterocycles. The zero-order valence-electron chi connectivity index (χ0n) is 12.6. The van der Waals surface area contributed by atoms with Gasteiger partial charge in [-0.1, -0.05) is 0 Å². The van der Waals surface area contributed by atoms with Gasteiger partial charge in [-0.2, -0.15) is 4.98 Å². The fraction of sp³-hybridized carbons (Fsp3) is 0.333. The topological polar surface area (TPSA) is 145 Å². The van der Waals surface area contributed by atoms with Crippen molar-refractivity contribution >= 4 is 17.4 Å². The molecule has 9 heteroatoms. The molecule has 4 N–H and O–H groups in total. The summed E-state index contributed by atoms with van der Waals surface area (Å²) in [4.78, 5) is 35.6. The number of nitrogens with zero attached hydrogens (tertiary/aromatic N) is 2. The highest BCUT2D eigenvalue weighted by atomic mass is 16.5. The van der Waals surface area contributed by atoms with Crippen molar-refractivity contribution in [3.63, 3.8) is 0 Å². The molecule has 1 aliphatic heterocycles. The van der Waals surface area contributed by atoms with E-state index in [1.807, 2.05) is 0 Å². The van der Waals surface area contributed by atoms with Gasteiger partial charge in [0.15, 0.2) is 11.6 Å². The number of ketones is 2. The monoisotopic (exact) mass is 335 g/mol. The number of nitrogens with two attached hydrogens (primary N) is 1. The Hall–Kier alpha value is -2.62. The van der Waals surface area contributed by atoms with Crippen LogP contribution < -0.4 is 11.4 Å². The third-order valence-corrected chi connectivity index (χ3v) is 3.37. The SMILES string of the molecule is Nc1ccn([C@H]2C[C@H](O)[C@@H](CO)O2)c(=O)n1.O=C1C=CC(=O)C=C1. The van der Waals surface area contributed by atoms with E-state index in [4.69, 9.17) is 15.6 Å². The number of ether oxygens (including phenoxy) is 1.